The largest absolute Gasteiger partial charge is 0.493 e. The molecule has 1 aromatic carbocycles. The number of methoxy groups -OCH3 is 2. The number of hydrogen-bond acceptors (Lipinski definition) is 6. The van der Waals surface area contributed by atoms with Gasteiger partial charge < -0.3 is 20.1 Å². The summed E-state index contributed by atoms with van der Waals surface area (Å²) in [7, 11) is 3.23. The smallest absolute Gasteiger partial charge is 0.273 e. The van der Waals surface area contributed by atoms with Crippen LogP contribution in [-0.4, -0.2) is 36.6 Å². The van der Waals surface area contributed by atoms with Crippen molar-refractivity contribution in [3.63, 3.8) is 0 Å². The van der Waals surface area contributed by atoms with E-state index in [9.17, 15) is 4.79 Å². The van der Waals surface area contributed by atoms with Crippen LogP contribution in [0.2, 0.25) is 0 Å². The second kappa shape index (κ2) is 5.84. The first-order valence-corrected chi connectivity index (χ1v) is 7.74. The molecule has 1 amide bonds. The molecule has 0 bridgehead atoms. The zero-order valence-electron chi connectivity index (χ0n) is 12.5. The fourth-order valence-corrected chi connectivity index (χ4v) is 3.14. The van der Waals surface area contributed by atoms with E-state index in [1.165, 1.54) is 16.9 Å². The number of carbonyl (C=O) groups is 1. The molecule has 2 heterocycles. The Morgan fingerprint density at radius 3 is 2.55 bits per heavy atom. The molecule has 0 atom stereocenters. The van der Waals surface area contributed by atoms with Crippen molar-refractivity contribution in [1.29, 1.82) is 0 Å². The van der Waals surface area contributed by atoms with Gasteiger partial charge in [-0.3, -0.25) is 4.79 Å². The number of benzene rings is 1. The number of ether oxygens (including phenoxy) is 2. The van der Waals surface area contributed by atoms with Gasteiger partial charge in [0.2, 0.25) is 0 Å². The van der Waals surface area contributed by atoms with E-state index < -0.39 is 0 Å². The molecule has 1 aliphatic heterocycles. The summed E-state index contributed by atoms with van der Waals surface area (Å²) in [4.78, 5) is 18.3. The lowest BCUT2D eigenvalue weighted by Gasteiger charge is -2.29. The quantitative estimate of drug-likeness (QED) is 0.935. The molecule has 3 rings (SSSR count). The summed E-state index contributed by atoms with van der Waals surface area (Å²) in [5.41, 5.74) is 8.26. The van der Waals surface area contributed by atoms with Crippen molar-refractivity contribution in [3.05, 3.63) is 34.3 Å². The average Bonchev–Trinajstić information content (AvgIpc) is 2.98. The second-order valence-electron chi connectivity index (χ2n) is 5.02. The van der Waals surface area contributed by atoms with Gasteiger partial charge in [0.15, 0.2) is 16.6 Å². The van der Waals surface area contributed by atoms with E-state index >= 15 is 0 Å². The van der Waals surface area contributed by atoms with Gasteiger partial charge in [-0.15, -0.1) is 11.3 Å². The van der Waals surface area contributed by atoms with E-state index in [1.807, 2.05) is 12.1 Å². The van der Waals surface area contributed by atoms with Gasteiger partial charge in [0.25, 0.3) is 5.91 Å². The molecule has 0 fully saturated rings. The summed E-state index contributed by atoms with van der Waals surface area (Å²) in [5, 5.41) is 2.11. The fraction of sp³-hybridized carbons (Fsp3) is 0.333. The van der Waals surface area contributed by atoms with E-state index in [0.717, 1.165) is 12.0 Å². The maximum absolute atomic E-state index is 12.5. The van der Waals surface area contributed by atoms with E-state index in [4.69, 9.17) is 15.2 Å². The zero-order valence-corrected chi connectivity index (χ0v) is 13.3. The van der Waals surface area contributed by atoms with Gasteiger partial charge in [-0.05, 0) is 29.7 Å². The Hall–Kier alpha value is -2.28. The number of nitrogens with two attached hydrogens (primary N) is 1. The van der Waals surface area contributed by atoms with Crippen LogP contribution in [0, 0.1) is 0 Å². The number of nitrogen functional groups attached to an aromatic ring is 1. The molecule has 1 aromatic heterocycles. The van der Waals surface area contributed by atoms with Crippen molar-refractivity contribution in [3.8, 4) is 11.5 Å². The fourth-order valence-electron chi connectivity index (χ4n) is 2.60. The van der Waals surface area contributed by atoms with Gasteiger partial charge >= 0.3 is 0 Å². The number of carbonyl (C=O) groups excluding carboxylic acids is 1. The third-order valence-corrected chi connectivity index (χ3v) is 4.42. The molecule has 0 unspecified atom stereocenters. The molecule has 0 radical (unpaired) electrons. The number of fused-ring (bicyclic) bond motifs is 1. The highest BCUT2D eigenvalue weighted by atomic mass is 32.1. The minimum absolute atomic E-state index is 0.0895. The van der Waals surface area contributed by atoms with E-state index in [2.05, 4.69) is 4.98 Å². The van der Waals surface area contributed by atoms with Crippen LogP contribution in [0.4, 0.5) is 5.13 Å². The predicted octanol–water partition coefficient (Wildman–Crippen LogP) is 1.94. The molecule has 116 valence electrons. The van der Waals surface area contributed by atoms with Crippen molar-refractivity contribution in [2.45, 2.75) is 13.0 Å². The maximum Gasteiger partial charge on any atom is 0.273 e. The van der Waals surface area contributed by atoms with E-state index in [1.54, 1.807) is 24.5 Å². The number of anilines is 1. The molecular weight excluding hydrogens is 302 g/mol. The van der Waals surface area contributed by atoms with Gasteiger partial charge in [0, 0.05) is 18.5 Å². The lowest BCUT2D eigenvalue weighted by molar-refractivity contribution is 0.0729. The standard InChI is InChI=1S/C15H17N3O3S/c1-20-12-5-9-3-4-18(7-10(9)6-13(12)21-2)14(19)11-8-22-15(16)17-11/h5-6,8H,3-4,7H2,1-2H3,(H2,16,17). The Bertz CT molecular complexity index is 714. The monoisotopic (exact) mass is 319 g/mol. The normalized spacial score (nSPS) is 13.6. The molecule has 1 aliphatic rings. The Morgan fingerprint density at radius 2 is 1.95 bits per heavy atom. The highest BCUT2D eigenvalue weighted by molar-refractivity contribution is 7.13. The number of aromatic nitrogens is 1. The number of thiazole rings is 1. The summed E-state index contributed by atoms with van der Waals surface area (Å²) >= 11 is 1.28. The molecule has 7 heteroatoms. The summed E-state index contributed by atoms with van der Waals surface area (Å²) in [5.74, 6) is 1.30. The molecule has 2 N–H and O–H groups in total. The second-order valence-corrected chi connectivity index (χ2v) is 5.91. The van der Waals surface area contributed by atoms with Gasteiger partial charge in [-0.25, -0.2) is 4.98 Å². The average molecular weight is 319 g/mol. The van der Waals surface area contributed by atoms with Crippen LogP contribution in [0.25, 0.3) is 0 Å². The number of hydrogen-bond donors (Lipinski definition) is 1. The molecule has 0 saturated heterocycles. The number of nitrogens with zero attached hydrogens (tertiary/aromatic N) is 2. The first kappa shape index (κ1) is 14.6. The Kier molecular flexibility index (Phi) is 3.89. The van der Waals surface area contributed by atoms with Crippen molar-refractivity contribution in [2.75, 3.05) is 26.5 Å². The van der Waals surface area contributed by atoms with Gasteiger partial charge in [0.1, 0.15) is 5.69 Å². The van der Waals surface area contributed by atoms with Crippen LogP contribution in [-0.2, 0) is 13.0 Å². The summed E-state index contributed by atoms with van der Waals surface area (Å²) in [6.07, 6.45) is 0.779. The summed E-state index contributed by atoms with van der Waals surface area (Å²) < 4.78 is 10.7. The van der Waals surface area contributed by atoms with Crippen molar-refractivity contribution in [2.24, 2.45) is 0 Å². The van der Waals surface area contributed by atoms with Crippen molar-refractivity contribution in [1.82, 2.24) is 9.88 Å². The summed E-state index contributed by atoms with van der Waals surface area (Å²) in [6, 6.07) is 3.92. The Labute approximate surface area is 132 Å². The van der Waals surface area contributed by atoms with Crippen LogP contribution >= 0.6 is 11.3 Å². The van der Waals surface area contributed by atoms with Crippen LogP contribution < -0.4 is 15.2 Å². The maximum atomic E-state index is 12.5. The van der Waals surface area contributed by atoms with Gasteiger partial charge in [-0.1, -0.05) is 0 Å². The number of amides is 1. The first-order chi connectivity index (χ1) is 10.6. The van der Waals surface area contributed by atoms with Crippen molar-refractivity contribution >= 4 is 22.4 Å². The molecule has 6 nitrogen and oxygen atoms in total. The first-order valence-electron chi connectivity index (χ1n) is 6.86. The van der Waals surface area contributed by atoms with Crippen LogP contribution in [0.3, 0.4) is 0 Å². The predicted molar refractivity (Wildman–Crippen MR) is 84.5 cm³/mol. The lowest BCUT2D eigenvalue weighted by Crippen LogP contribution is -2.36. The highest BCUT2D eigenvalue weighted by Crippen LogP contribution is 2.33. The van der Waals surface area contributed by atoms with Crippen LogP contribution in [0.1, 0.15) is 21.6 Å². The molecule has 0 aliphatic carbocycles. The Morgan fingerprint density at radius 1 is 1.27 bits per heavy atom. The van der Waals surface area contributed by atoms with Gasteiger partial charge in [-0.2, -0.15) is 0 Å². The minimum atomic E-state index is -0.0895. The highest BCUT2D eigenvalue weighted by Gasteiger charge is 2.24. The molecule has 2 aromatic rings. The van der Waals surface area contributed by atoms with E-state index in [-0.39, 0.29) is 5.91 Å². The molecular formula is C15H17N3O3S. The SMILES string of the molecule is COc1cc2c(cc1OC)CN(C(=O)c1csc(N)n1)CC2. The lowest BCUT2D eigenvalue weighted by atomic mass is 9.98. The van der Waals surface area contributed by atoms with Gasteiger partial charge in [0.05, 0.1) is 14.2 Å². The third-order valence-electron chi connectivity index (χ3n) is 3.75. The third kappa shape index (κ3) is 2.59. The van der Waals surface area contributed by atoms with Crippen LogP contribution in [0.15, 0.2) is 17.5 Å². The van der Waals surface area contributed by atoms with Crippen LogP contribution in [0.5, 0.6) is 11.5 Å². The number of rotatable bonds is 3. The molecule has 22 heavy (non-hydrogen) atoms. The Balaban J connectivity index is 1.85. The topological polar surface area (TPSA) is 77.7 Å². The zero-order chi connectivity index (χ0) is 15.7. The van der Waals surface area contributed by atoms with Crippen molar-refractivity contribution < 1.29 is 14.3 Å². The molecule has 0 spiro atoms. The molecule has 0 saturated carbocycles. The van der Waals surface area contributed by atoms with E-state index in [0.29, 0.717) is 35.4 Å². The minimum Gasteiger partial charge on any atom is -0.493 e. The summed E-state index contributed by atoms with van der Waals surface area (Å²) in [6.45, 7) is 1.19.